The fourth-order valence-corrected chi connectivity index (χ4v) is 1.71. The normalized spacial score (nSPS) is 12.1. The predicted octanol–water partition coefficient (Wildman–Crippen LogP) is 3.87. The van der Waals surface area contributed by atoms with Crippen LogP contribution in [0.1, 0.15) is 12.0 Å². The minimum atomic E-state index is 0.0143. The van der Waals surface area contributed by atoms with E-state index in [2.05, 4.69) is 19.1 Å². The average molecular weight is 255 g/mol. The molecule has 2 nitrogen and oxygen atoms in total. The molecule has 99 valence electrons. The SMILES string of the molecule is [CH2]CC(COc1ccccc1)OCc1ccccc1. The molecule has 0 aromatic heterocycles. The zero-order chi connectivity index (χ0) is 13.3. The molecule has 0 aliphatic rings. The lowest BCUT2D eigenvalue weighted by Crippen LogP contribution is -2.20. The Morgan fingerprint density at radius 2 is 1.53 bits per heavy atom. The van der Waals surface area contributed by atoms with Crippen LogP contribution in [0.3, 0.4) is 0 Å². The molecule has 2 heteroatoms. The minimum absolute atomic E-state index is 0.0143. The quantitative estimate of drug-likeness (QED) is 0.747. The van der Waals surface area contributed by atoms with E-state index in [1.807, 2.05) is 48.5 Å². The van der Waals surface area contributed by atoms with E-state index in [9.17, 15) is 0 Å². The monoisotopic (exact) mass is 255 g/mol. The van der Waals surface area contributed by atoms with Crippen LogP contribution in [-0.2, 0) is 11.3 Å². The molecule has 0 aliphatic carbocycles. The Bertz CT molecular complexity index is 410. The van der Waals surface area contributed by atoms with Crippen LogP contribution in [-0.4, -0.2) is 12.7 Å². The van der Waals surface area contributed by atoms with Gasteiger partial charge in [-0.1, -0.05) is 55.5 Å². The molecule has 0 saturated carbocycles. The van der Waals surface area contributed by atoms with Gasteiger partial charge < -0.3 is 9.47 Å². The Balaban J connectivity index is 1.77. The van der Waals surface area contributed by atoms with Crippen LogP contribution in [0.4, 0.5) is 0 Å². The molecule has 1 atom stereocenters. The largest absolute Gasteiger partial charge is 0.491 e. The molecule has 1 radical (unpaired) electrons. The molecule has 2 aromatic carbocycles. The molecular weight excluding hydrogens is 236 g/mol. The molecule has 2 rings (SSSR count). The van der Waals surface area contributed by atoms with Crippen LogP contribution in [0.5, 0.6) is 5.75 Å². The first kappa shape index (κ1) is 13.6. The van der Waals surface area contributed by atoms with E-state index in [1.165, 1.54) is 5.56 Å². The zero-order valence-corrected chi connectivity index (χ0v) is 11.0. The average Bonchev–Trinajstić information content (AvgIpc) is 2.49. The standard InChI is InChI=1S/C17H19O2/c1-2-16(14-19-17-11-7-4-8-12-17)18-13-15-9-5-3-6-10-15/h3-12,16H,1-2,13-14H2. The van der Waals surface area contributed by atoms with E-state index >= 15 is 0 Å². The molecule has 0 heterocycles. The van der Waals surface area contributed by atoms with Gasteiger partial charge in [0.05, 0.1) is 12.7 Å². The molecule has 0 spiro atoms. The van der Waals surface area contributed by atoms with Gasteiger partial charge in [-0.05, 0) is 24.1 Å². The van der Waals surface area contributed by atoms with Crippen LogP contribution in [0.2, 0.25) is 0 Å². The Labute approximate surface area is 115 Å². The van der Waals surface area contributed by atoms with Gasteiger partial charge >= 0.3 is 0 Å². The Morgan fingerprint density at radius 3 is 2.16 bits per heavy atom. The molecule has 1 unspecified atom stereocenters. The summed E-state index contributed by atoms with van der Waals surface area (Å²) in [6, 6.07) is 19.9. The summed E-state index contributed by atoms with van der Waals surface area (Å²) in [7, 11) is 0. The van der Waals surface area contributed by atoms with Crippen molar-refractivity contribution in [2.24, 2.45) is 0 Å². The topological polar surface area (TPSA) is 18.5 Å². The summed E-state index contributed by atoms with van der Waals surface area (Å²) in [5, 5.41) is 0. The molecule has 19 heavy (non-hydrogen) atoms. The minimum Gasteiger partial charge on any atom is -0.491 e. The van der Waals surface area contributed by atoms with Crippen molar-refractivity contribution in [1.29, 1.82) is 0 Å². The van der Waals surface area contributed by atoms with Crippen molar-refractivity contribution < 1.29 is 9.47 Å². The second kappa shape index (κ2) is 7.59. The van der Waals surface area contributed by atoms with Crippen LogP contribution < -0.4 is 4.74 Å². The van der Waals surface area contributed by atoms with Gasteiger partial charge in [0.25, 0.3) is 0 Å². The summed E-state index contributed by atoms with van der Waals surface area (Å²) in [6.45, 7) is 5.03. The van der Waals surface area contributed by atoms with E-state index in [1.54, 1.807) is 0 Å². The summed E-state index contributed by atoms with van der Waals surface area (Å²) < 4.78 is 11.5. The van der Waals surface area contributed by atoms with E-state index in [0.29, 0.717) is 19.6 Å². The van der Waals surface area contributed by atoms with Crippen molar-refractivity contribution in [3.05, 3.63) is 73.2 Å². The van der Waals surface area contributed by atoms with Crippen molar-refractivity contribution in [2.45, 2.75) is 19.1 Å². The zero-order valence-electron chi connectivity index (χ0n) is 11.0. The molecule has 0 saturated heterocycles. The first-order valence-electron chi connectivity index (χ1n) is 6.51. The first-order chi connectivity index (χ1) is 9.38. The van der Waals surface area contributed by atoms with E-state index < -0.39 is 0 Å². The smallest absolute Gasteiger partial charge is 0.119 e. The van der Waals surface area contributed by atoms with Gasteiger partial charge in [-0.3, -0.25) is 0 Å². The third-order valence-electron chi connectivity index (χ3n) is 2.83. The van der Waals surface area contributed by atoms with Crippen molar-refractivity contribution >= 4 is 0 Å². The molecule has 0 bridgehead atoms. The number of benzene rings is 2. The highest BCUT2D eigenvalue weighted by Crippen LogP contribution is 2.11. The fourth-order valence-electron chi connectivity index (χ4n) is 1.71. The summed E-state index contributed by atoms with van der Waals surface area (Å²) in [5.41, 5.74) is 1.17. The third kappa shape index (κ3) is 4.76. The Hall–Kier alpha value is -1.80. The van der Waals surface area contributed by atoms with Gasteiger partial charge in [-0.2, -0.15) is 0 Å². The van der Waals surface area contributed by atoms with E-state index in [0.717, 1.165) is 5.75 Å². The molecule has 2 aromatic rings. The van der Waals surface area contributed by atoms with Crippen molar-refractivity contribution in [1.82, 2.24) is 0 Å². The highest BCUT2D eigenvalue weighted by atomic mass is 16.5. The summed E-state index contributed by atoms with van der Waals surface area (Å²) in [5.74, 6) is 0.865. The number of rotatable bonds is 7. The Kier molecular flexibility index (Phi) is 5.45. The van der Waals surface area contributed by atoms with Crippen LogP contribution in [0.15, 0.2) is 60.7 Å². The van der Waals surface area contributed by atoms with Crippen molar-refractivity contribution in [3.8, 4) is 5.75 Å². The number of ether oxygens (including phenoxy) is 2. The van der Waals surface area contributed by atoms with E-state index in [-0.39, 0.29) is 6.10 Å². The predicted molar refractivity (Wildman–Crippen MR) is 76.9 cm³/mol. The third-order valence-corrected chi connectivity index (χ3v) is 2.83. The molecule has 0 N–H and O–H groups in total. The van der Waals surface area contributed by atoms with Crippen molar-refractivity contribution in [2.75, 3.05) is 6.61 Å². The van der Waals surface area contributed by atoms with Crippen molar-refractivity contribution in [3.63, 3.8) is 0 Å². The van der Waals surface area contributed by atoms with Gasteiger partial charge in [0.15, 0.2) is 0 Å². The lowest BCUT2D eigenvalue weighted by Gasteiger charge is -2.17. The lowest BCUT2D eigenvalue weighted by atomic mass is 10.2. The molecule has 0 fully saturated rings. The van der Waals surface area contributed by atoms with Gasteiger partial charge in [0.2, 0.25) is 0 Å². The van der Waals surface area contributed by atoms with E-state index in [4.69, 9.17) is 9.47 Å². The maximum Gasteiger partial charge on any atom is 0.119 e. The molecule has 0 aliphatic heterocycles. The number of hydrogen-bond acceptors (Lipinski definition) is 2. The van der Waals surface area contributed by atoms with Gasteiger partial charge in [0, 0.05) is 0 Å². The maximum absolute atomic E-state index is 5.81. The van der Waals surface area contributed by atoms with Crippen LogP contribution in [0.25, 0.3) is 0 Å². The fraction of sp³-hybridized carbons (Fsp3) is 0.235. The highest BCUT2D eigenvalue weighted by Gasteiger charge is 2.08. The second-order valence-corrected chi connectivity index (χ2v) is 4.33. The highest BCUT2D eigenvalue weighted by molar-refractivity contribution is 5.20. The summed E-state index contributed by atoms with van der Waals surface area (Å²) in [6.07, 6.45) is 0.708. The summed E-state index contributed by atoms with van der Waals surface area (Å²) >= 11 is 0. The first-order valence-corrected chi connectivity index (χ1v) is 6.51. The number of hydrogen-bond donors (Lipinski definition) is 0. The molecule has 0 amide bonds. The Morgan fingerprint density at radius 1 is 0.895 bits per heavy atom. The van der Waals surface area contributed by atoms with Gasteiger partial charge in [-0.15, -0.1) is 0 Å². The maximum atomic E-state index is 5.81. The number of para-hydroxylation sites is 1. The second-order valence-electron chi connectivity index (χ2n) is 4.33. The van der Waals surface area contributed by atoms with Crippen LogP contribution >= 0.6 is 0 Å². The van der Waals surface area contributed by atoms with Gasteiger partial charge in [-0.25, -0.2) is 0 Å². The summed E-state index contributed by atoms with van der Waals surface area (Å²) in [4.78, 5) is 0. The molecular formula is C17H19O2. The van der Waals surface area contributed by atoms with Gasteiger partial charge in [0.1, 0.15) is 12.4 Å². The van der Waals surface area contributed by atoms with Crippen LogP contribution in [0, 0.1) is 6.92 Å². The lowest BCUT2D eigenvalue weighted by molar-refractivity contribution is 0.0111.